The highest BCUT2D eigenvalue weighted by atomic mass is 19.1. The Bertz CT molecular complexity index is 558. The van der Waals surface area contributed by atoms with E-state index in [1.54, 1.807) is 6.07 Å². The van der Waals surface area contributed by atoms with Gasteiger partial charge in [-0.1, -0.05) is 12.1 Å². The van der Waals surface area contributed by atoms with Crippen molar-refractivity contribution in [3.63, 3.8) is 0 Å². The maximum absolute atomic E-state index is 12.9. The SMILES string of the molecule is CC(C)(CC(=O)NC(=O)NCc1cccc(F)c1)C(=O)O. The molecule has 0 fully saturated rings. The molecule has 0 saturated heterocycles. The van der Waals surface area contributed by atoms with Gasteiger partial charge in [0, 0.05) is 13.0 Å². The summed E-state index contributed by atoms with van der Waals surface area (Å²) in [6.45, 7) is 2.83. The fourth-order valence-corrected chi connectivity index (χ4v) is 1.52. The van der Waals surface area contributed by atoms with Crippen molar-refractivity contribution in [3.05, 3.63) is 35.6 Å². The minimum absolute atomic E-state index is 0.0548. The molecule has 0 aliphatic carbocycles. The summed E-state index contributed by atoms with van der Waals surface area (Å²) in [5, 5.41) is 13.3. The summed E-state index contributed by atoms with van der Waals surface area (Å²) in [5.74, 6) is -2.24. The predicted octanol–water partition coefficient (Wildman–Crippen LogP) is 1.65. The van der Waals surface area contributed by atoms with Gasteiger partial charge in [-0.2, -0.15) is 0 Å². The number of amides is 3. The number of rotatable bonds is 5. The number of hydrogen-bond acceptors (Lipinski definition) is 3. The molecule has 0 aromatic heterocycles. The van der Waals surface area contributed by atoms with Gasteiger partial charge in [0.25, 0.3) is 0 Å². The van der Waals surface area contributed by atoms with Crippen molar-refractivity contribution in [1.29, 1.82) is 0 Å². The van der Waals surface area contributed by atoms with E-state index in [0.29, 0.717) is 5.56 Å². The van der Waals surface area contributed by atoms with Gasteiger partial charge in [-0.15, -0.1) is 0 Å². The topological polar surface area (TPSA) is 95.5 Å². The van der Waals surface area contributed by atoms with E-state index in [1.165, 1.54) is 32.0 Å². The molecule has 1 rings (SSSR count). The summed E-state index contributed by atoms with van der Waals surface area (Å²) in [6.07, 6.45) is -0.324. The monoisotopic (exact) mass is 296 g/mol. The molecule has 0 bridgehead atoms. The van der Waals surface area contributed by atoms with E-state index in [9.17, 15) is 18.8 Å². The number of carboxylic acid groups (broad SMARTS) is 1. The van der Waals surface area contributed by atoms with Crippen LogP contribution in [-0.4, -0.2) is 23.0 Å². The Morgan fingerprint density at radius 2 is 1.95 bits per heavy atom. The van der Waals surface area contributed by atoms with Crippen LogP contribution in [-0.2, 0) is 16.1 Å². The van der Waals surface area contributed by atoms with E-state index >= 15 is 0 Å². The average Bonchev–Trinajstić information content (AvgIpc) is 2.35. The van der Waals surface area contributed by atoms with E-state index in [-0.39, 0.29) is 13.0 Å². The Balaban J connectivity index is 2.43. The summed E-state index contributed by atoms with van der Waals surface area (Å²) in [7, 11) is 0. The van der Waals surface area contributed by atoms with Crippen LogP contribution < -0.4 is 10.6 Å². The zero-order valence-corrected chi connectivity index (χ0v) is 11.8. The van der Waals surface area contributed by atoms with Crippen molar-refractivity contribution in [1.82, 2.24) is 10.6 Å². The summed E-state index contributed by atoms with van der Waals surface area (Å²) in [5.41, 5.74) is -0.712. The van der Waals surface area contributed by atoms with Gasteiger partial charge >= 0.3 is 12.0 Å². The number of urea groups is 1. The molecular weight excluding hydrogens is 279 g/mol. The molecule has 0 unspecified atom stereocenters. The predicted molar refractivity (Wildman–Crippen MR) is 72.8 cm³/mol. The third-order valence-corrected chi connectivity index (χ3v) is 2.78. The van der Waals surface area contributed by atoms with Gasteiger partial charge in [-0.25, -0.2) is 9.18 Å². The Labute approximate surface area is 121 Å². The van der Waals surface area contributed by atoms with Gasteiger partial charge in [0.05, 0.1) is 5.41 Å². The number of nitrogens with one attached hydrogen (secondary N) is 2. The number of carbonyl (C=O) groups is 3. The van der Waals surface area contributed by atoms with Gasteiger partial charge in [0.2, 0.25) is 5.91 Å². The molecule has 1 aromatic rings. The molecular formula is C14H17FN2O4. The molecule has 3 amide bonds. The van der Waals surface area contributed by atoms with Crippen molar-refractivity contribution >= 4 is 17.9 Å². The fourth-order valence-electron chi connectivity index (χ4n) is 1.52. The second-order valence-electron chi connectivity index (χ2n) is 5.23. The summed E-state index contributed by atoms with van der Waals surface area (Å²) in [6, 6.07) is 4.91. The normalized spacial score (nSPS) is 10.8. The second-order valence-corrected chi connectivity index (χ2v) is 5.23. The minimum Gasteiger partial charge on any atom is -0.481 e. The second kappa shape index (κ2) is 6.83. The molecule has 0 aliphatic heterocycles. The standard InChI is InChI=1S/C14H17FN2O4/c1-14(2,12(19)20)7-11(18)17-13(21)16-8-9-4-3-5-10(15)6-9/h3-6H,7-8H2,1-2H3,(H,19,20)(H2,16,17,18,21). The molecule has 7 heteroatoms. The van der Waals surface area contributed by atoms with Crippen LogP contribution in [0.15, 0.2) is 24.3 Å². The van der Waals surface area contributed by atoms with Crippen LogP contribution in [0.1, 0.15) is 25.8 Å². The molecule has 0 atom stereocenters. The number of halogens is 1. The number of benzene rings is 1. The third-order valence-electron chi connectivity index (χ3n) is 2.78. The van der Waals surface area contributed by atoms with Crippen molar-refractivity contribution in [2.75, 3.05) is 0 Å². The average molecular weight is 296 g/mol. The zero-order valence-electron chi connectivity index (χ0n) is 11.8. The van der Waals surface area contributed by atoms with Gasteiger partial charge in [-0.05, 0) is 31.5 Å². The quantitative estimate of drug-likeness (QED) is 0.770. The maximum Gasteiger partial charge on any atom is 0.321 e. The Kier molecular flexibility index (Phi) is 5.40. The molecule has 3 N–H and O–H groups in total. The molecule has 21 heavy (non-hydrogen) atoms. The molecule has 0 spiro atoms. The molecule has 0 saturated carbocycles. The van der Waals surface area contributed by atoms with E-state index in [0.717, 1.165) is 0 Å². The lowest BCUT2D eigenvalue weighted by molar-refractivity contribution is -0.149. The van der Waals surface area contributed by atoms with Crippen molar-refractivity contribution in [2.24, 2.45) is 5.41 Å². The van der Waals surface area contributed by atoms with Crippen LogP contribution >= 0.6 is 0 Å². The Morgan fingerprint density at radius 3 is 2.52 bits per heavy atom. The first kappa shape index (κ1) is 16.6. The molecule has 1 aromatic carbocycles. The molecule has 0 aliphatic rings. The van der Waals surface area contributed by atoms with Crippen LogP contribution in [0.4, 0.5) is 9.18 Å². The van der Waals surface area contributed by atoms with Crippen LogP contribution in [0, 0.1) is 11.2 Å². The lowest BCUT2D eigenvalue weighted by Crippen LogP contribution is -2.41. The van der Waals surface area contributed by atoms with Crippen LogP contribution in [0.25, 0.3) is 0 Å². The first-order chi connectivity index (χ1) is 9.70. The Hall–Kier alpha value is -2.44. The Morgan fingerprint density at radius 1 is 1.29 bits per heavy atom. The van der Waals surface area contributed by atoms with Crippen molar-refractivity contribution in [3.8, 4) is 0 Å². The lowest BCUT2D eigenvalue weighted by Gasteiger charge is -2.17. The van der Waals surface area contributed by atoms with Crippen LogP contribution in [0.2, 0.25) is 0 Å². The van der Waals surface area contributed by atoms with E-state index in [2.05, 4.69) is 5.32 Å². The zero-order chi connectivity index (χ0) is 16.0. The van der Waals surface area contributed by atoms with Crippen molar-refractivity contribution in [2.45, 2.75) is 26.8 Å². The van der Waals surface area contributed by atoms with E-state index in [1.807, 2.05) is 5.32 Å². The number of carboxylic acids is 1. The first-order valence-corrected chi connectivity index (χ1v) is 6.26. The minimum atomic E-state index is -1.26. The van der Waals surface area contributed by atoms with Gasteiger partial charge in [0.15, 0.2) is 0 Å². The summed E-state index contributed by atoms with van der Waals surface area (Å²) >= 11 is 0. The highest BCUT2D eigenvalue weighted by Gasteiger charge is 2.30. The number of aliphatic carboxylic acids is 1. The largest absolute Gasteiger partial charge is 0.481 e. The summed E-state index contributed by atoms with van der Waals surface area (Å²) in [4.78, 5) is 33.9. The van der Waals surface area contributed by atoms with Gasteiger partial charge in [-0.3, -0.25) is 14.9 Å². The molecule has 6 nitrogen and oxygen atoms in total. The van der Waals surface area contributed by atoms with E-state index in [4.69, 9.17) is 5.11 Å². The number of hydrogen-bond donors (Lipinski definition) is 3. The van der Waals surface area contributed by atoms with Crippen LogP contribution in [0.3, 0.4) is 0 Å². The first-order valence-electron chi connectivity index (χ1n) is 6.26. The van der Waals surface area contributed by atoms with Crippen molar-refractivity contribution < 1.29 is 23.9 Å². The lowest BCUT2D eigenvalue weighted by atomic mass is 9.89. The maximum atomic E-state index is 12.9. The van der Waals surface area contributed by atoms with Gasteiger partial charge in [0.1, 0.15) is 5.82 Å². The molecule has 0 radical (unpaired) electrons. The fraction of sp³-hybridized carbons (Fsp3) is 0.357. The highest BCUT2D eigenvalue weighted by Crippen LogP contribution is 2.19. The summed E-state index contributed by atoms with van der Waals surface area (Å²) < 4.78 is 12.9. The van der Waals surface area contributed by atoms with Gasteiger partial charge < -0.3 is 10.4 Å². The number of imide groups is 1. The molecule has 114 valence electrons. The third kappa shape index (κ3) is 5.60. The smallest absolute Gasteiger partial charge is 0.321 e. The number of carbonyl (C=O) groups excluding carboxylic acids is 2. The van der Waals surface area contributed by atoms with Crippen LogP contribution in [0.5, 0.6) is 0 Å². The highest BCUT2D eigenvalue weighted by molar-refractivity contribution is 5.96. The van der Waals surface area contributed by atoms with E-state index < -0.39 is 29.1 Å². The molecule has 0 heterocycles.